The number of piperidine rings is 1. The Morgan fingerprint density at radius 2 is 1.73 bits per heavy atom. The lowest BCUT2D eigenvalue weighted by Gasteiger charge is -2.43. The number of fused-ring (bicyclic) bond motifs is 1. The summed E-state index contributed by atoms with van der Waals surface area (Å²) in [5.41, 5.74) is 0.995. The fourth-order valence-corrected chi connectivity index (χ4v) is 6.20. The molecule has 5 nitrogen and oxygen atoms in total. The van der Waals surface area contributed by atoms with Crippen LogP contribution in [0.3, 0.4) is 0 Å². The topological polar surface area (TPSA) is 48.0 Å². The standard InChI is InChI=1S/C32H37NO4/c1-35-26-13-8-12-25(20-26)30-21-27(37-19-18-33-16-6-3-7-17-33)22-31(36-2)32(30,23-34)29-15-9-11-24-10-4-5-14-28(24)29/h4-5,8-15,20,22-23,27,30H,3,6-7,16-19,21H2,1-2H3. The molecule has 0 bridgehead atoms. The van der Waals surface area contributed by atoms with Crippen LogP contribution in [0.25, 0.3) is 10.8 Å². The lowest BCUT2D eigenvalue weighted by molar-refractivity contribution is -0.114. The van der Waals surface area contributed by atoms with Gasteiger partial charge in [-0.15, -0.1) is 0 Å². The van der Waals surface area contributed by atoms with Crippen molar-refractivity contribution in [2.75, 3.05) is 40.5 Å². The van der Waals surface area contributed by atoms with Gasteiger partial charge >= 0.3 is 0 Å². The largest absolute Gasteiger partial charge is 0.500 e. The molecule has 3 unspecified atom stereocenters. The van der Waals surface area contributed by atoms with Crippen molar-refractivity contribution in [2.24, 2.45) is 0 Å². The van der Waals surface area contributed by atoms with Crippen LogP contribution in [0.1, 0.15) is 42.7 Å². The van der Waals surface area contributed by atoms with Crippen molar-refractivity contribution < 1.29 is 19.0 Å². The summed E-state index contributed by atoms with van der Waals surface area (Å²) in [6, 6.07) is 22.5. The maximum atomic E-state index is 13.4. The Hall–Kier alpha value is -3.15. The van der Waals surface area contributed by atoms with Crippen molar-refractivity contribution >= 4 is 17.1 Å². The smallest absolute Gasteiger partial charge is 0.138 e. The van der Waals surface area contributed by atoms with Gasteiger partial charge in [-0.3, -0.25) is 0 Å². The Labute approximate surface area is 220 Å². The molecule has 3 atom stereocenters. The second-order valence-electron chi connectivity index (χ2n) is 10.1. The Bertz CT molecular complexity index is 1240. The minimum absolute atomic E-state index is 0.154. The molecule has 194 valence electrons. The summed E-state index contributed by atoms with van der Waals surface area (Å²) in [6.07, 6.45) is 7.48. The van der Waals surface area contributed by atoms with E-state index in [2.05, 4.69) is 35.2 Å². The van der Waals surface area contributed by atoms with Gasteiger partial charge in [-0.2, -0.15) is 0 Å². The first-order valence-corrected chi connectivity index (χ1v) is 13.4. The van der Waals surface area contributed by atoms with Crippen LogP contribution in [0.2, 0.25) is 0 Å². The lowest BCUT2D eigenvalue weighted by Crippen LogP contribution is -2.44. The number of aldehydes is 1. The van der Waals surface area contributed by atoms with Gasteiger partial charge in [-0.25, -0.2) is 0 Å². The third-order valence-corrected chi connectivity index (χ3v) is 8.09. The maximum Gasteiger partial charge on any atom is 0.138 e. The summed E-state index contributed by atoms with van der Waals surface area (Å²) in [4.78, 5) is 15.8. The normalized spacial score (nSPS) is 24.4. The average Bonchev–Trinajstić information content (AvgIpc) is 2.97. The highest BCUT2D eigenvalue weighted by atomic mass is 16.5. The highest BCUT2D eigenvalue weighted by molar-refractivity contribution is 5.92. The van der Waals surface area contributed by atoms with Gasteiger partial charge in [0.2, 0.25) is 0 Å². The molecule has 3 aromatic carbocycles. The molecule has 1 aliphatic carbocycles. The molecule has 37 heavy (non-hydrogen) atoms. The predicted octanol–water partition coefficient (Wildman–Crippen LogP) is 5.87. The molecule has 1 aliphatic heterocycles. The molecule has 1 fully saturated rings. The Morgan fingerprint density at radius 1 is 0.946 bits per heavy atom. The zero-order valence-electron chi connectivity index (χ0n) is 21.9. The van der Waals surface area contributed by atoms with Gasteiger partial charge in [0.25, 0.3) is 0 Å². The number of methoxy groups -OCH3 is 2. The number of carbonyl (C=O) groups is 1. The molecule has 1 saturated heterocycles. The van der Waals surface area contributed by atoms with Crippen molar-refractivity contribution in [3.8, 4) is 5.75 Å². The third kappa shape index (κ3) is 5.03. The van der Waals surface area contributed by atoms with E-state index >= 15 is 0 Å². The SMILES string of the molecule is COC1=CC(OCCN2CCCCC2)CC(c2cccc(OC)c2)C1(C=O)c1cccc2ccccc12. The van der Waals surface area contributed by atoms with Crippen molar-refractivity contribution in [1.29, 1.82) is 0 Å². The molecule has 1 heterocycles. The highest BCUT2D eigenvalue weighted by Crippen LogP contribution is 2.51. The van der Waals surface area contributed by atoms with Crippen LogP contribution in [0, 0.1) is 0 Å². The monoisotopic (exact) mass is 499 g/mol. The average molecular weight is 500 g/mol. The minimum atomic E-state index is -0.991. The first-order valence-electron chi connectivity index (χ1n) is 13.4. The van der Waals surface area contributed by atoms with Crippen molar-refractivity contribution in [2.45, 2.75) is 43.1 Å². The molecular weight excluding hydrogens is 462 g/mol. The number of rotatable bonds is 9. The number of nitrogens with zero attached hydrogens (tertiary/aromatic N) is 1. The number of carbonyl (C=O) groups excluding carboxylic acids is 1. The van der Waals surface area contributed by atoms with Crippen molar-refractivity contribution in [3.05, 3.63) is 89.7 Å². The van der Waals surface area contributed by atoms with Gasteiger partial charge < -0.3 is 23.9 Å². The molecule has 0 N–H and O–H groups in total. The molecule has 2 aliphatic rings. The van der Waals surface area contributed by atoms with Gasteiger partial charge in [0, 0.05) is 12.5 Å². The van der Waals surface area contributed by atoms with Crippen molar-refractivity contribution in [1.82, 2.24) is 4.90 Å². The van der Waals surface area contributed by atoms with Crippen LogP contribution in [-0.4, -0.2) is 57.8 Å². The first-order chi connectivity index (χ1) is 18.2. The highest BCUT2D eigenvalue weighted by Gasteiger charge is 2.50. The number of benzene rings is 3. The summed E-state index contributed by atoms with van der Waals surface area (Å²) in [5, 5.41) is 2.15. The molecule has 0 saturated carbocycles. The zero-order valence-corrected chi connectivity index (χ0v) is 21.9. The van der Waals surface area contributed by atoms with Crippen LogP contribution in [0.5, 0.6) is 5.75 Å². The molecule has 0 radical (unpaired) electrons. The van der Waals surface area contributed by atoms with E-state index in [1.165, 1.54) is 19.3 Å². The number of allylic oxidation sites excluding steroid dienone is 1. The second-order valence-corrected chi connectivity index (χ2v) is 10.1. The summed E-state index contributed by atoms with van der Waals surface area (Å²) in [6.45, 7) is 3.88. The van der Waals surface area contributed by atoms with E-state index in [9.17, 15) is 4.79 Å². The van der Waals surface area contributed by atoms with Crippen LogP contribution in [-0.2, 0) is 19.7 Å². The molecule has 3 aromatic rings. The van der Waals surface area contributed by atoms with Gasteiger partial charge in [-0.05, 0) is 72.5 Å². The number of hydrogen-bond acceptors (Lipinski definition) is 5. The molecular formula is C32H37NO4. The van der Waals surface area contributed by atoms with Crippen LogP contribution >= 0.6 is 0 Å². The van der Waals surface area contributed by atoms with Gasteiger partial charge in [0.1, 0.15) is 23.2 Å². The summed E-state index contributed by atoms with van der Waals surface area (Å²) in [7, 11) is 3.33. The minimum Gasteiger partial charge on any atom is -0.500 e. The van der Waals surface area contributed by atoms with E-state index in [0.717, 1.165) is 53.6 Å². The zero-order chi connectivity index (χ0) is 25.7. The van der Waals surface area contributed by atoms with E-state index < -0.39 is 5.41 Å². The van der Waals surface area contributed by atoms with Gasteiger partial charge in [0.15, 0.2) is 0 Å². The van der Waals surface area contributed by atoms with E-state index in [0.29, 0.717) is 18.8 Å². The molecule has 0 spiro atoms. The summed E-state index contributed by atoms with van der Waals surface area (Å²) in [5.74, 6) is 1.22. The lowest BCUT2D eigenvalue weighted by atomic mass is 9.61. The fourth-order valence-electron chi connectivity index (χ4n) is 6.20. The summed E-state index contributed by atoms with van der Waals surface area (Å²) < 4.78 is 18.1. The Balaban J connectivity index is 1.57. The third-order valence-electron chi connectivity index (χ3n) is 8.09. The first kappa shape index (κ1) is 25.5. The quantitative estimate of drug-likeness (QED) is 0.345. The van der Waals surface area contributed by atoms with Crippen molar-refractivity contribution in [3.63, 3.8) is 0 Å². The van der Waals surface area contributed by atoms with Gasteiger partial charge in [0.05, 0.1) is 26.9 Å². The number of likely N-dealkylation sites (tertiary alicyclic amines) is 1. The van der Waals surface area contributed by atoms with E-state index in [1.54, 1.807) is 14.2 Å². The fraction of sp³-hybridized carbons (Fsp3) is 0.406. The molecule has 5 rings (SSSR count). The van der Waals surface area contributed by atoms with E-state index in [1.807, 2.05) is 42.5 Å². The van der Waals surface area contributed by atoms with Crippen LogP contribution < -0.4 is 4.74 Å². The van der Waals surface area contributed by atoms with E-state index in [4.69, 9.17) is 14.2 Å². The molecule has 0 aromatic heterocycles. The number of ether oxygens (including phenoxy) is 3. The summed E-state index contributed by atoms with van der Waals surface area (Å²) >= 11 is 0. The van der Waals surface area contributed by atoms with Gasteiger partial charge in [-0.1, -0.05) is 61.0 Å². The Kier molecular flexibility index (Phi) is 7.92. The molecule has 0 amide bonds. The second kappa shape index (κ2) is 11.5. The number of hydrogen-bond donors (Lipinski definition) is 0. The Morgan fingerprint density at radius 3 is 2.51 bits per heavy atom. The van der Waals surface area contributed by atoms with E-state index in [-0.39, 0.29) is 12.0 Å². The van der Waals surface area contributed by atoms with Crippen LogP contribution in [0.15, 0.2) is 78.6 Å². The predicted molar refractivity (Wildman–Crippen MR) is 147 cm³/mol. The maximum absolute atomic E-state index is 13.4. The van der Waals surface area contributed by atoms with Crippen LogP contribution in [0.4, 0.5) is 0 Å². The molecule has 5 heteroatoms.